The first-order valence-corrected chi connectivity index (χ1v) is 7.43. The van der Waals surface area contributed by atoms with E-state index in [2.05, 4.69) is 35.2 Å². The van der Waals surface area contributed by atoms with E-state index >= 15 is 0 Å². The maximum atomic E-state index is 10.3. The molecule has 3 rings (SSSR count). The molecule has 110 valence electrons. The van der Waals surface area contributed by atoms with Crippen LogP contribution in [-0.2, 0) is 6.54 Å². The second-order valence-corrected chi connectivity index (χ2v) is 5.51. The van der Waals surface area contributed by atoms with E-state index in [4.69, 9.17) is 4.74 Å². The molecule has 2 aromatic carbocycles. The number of phenolic OH excluding ortho intramolecular Hbond substituents is 1. The van der Waals surface area contributed by atoms with E-state index < -0.39 is 0 Å². The van der Waals surface area contributed by atoms with Gasteiger partial charge in [0, 0.05) is 18.2 Å². The smallest absolute Gasteiger partial charge is 0.162 e. The Kier molecular flexibility index (Phi) is 4.11. The van der Waals surface area contributed by atoms with Crippen molar-refractivity contribution >= 4 is 0 Å². The zero-order valence-electron chi connectivity index (χ0n) is 12.3. The first-order valence-electron chi connectivity index (χ1n) is 7.43. The molecule has 0 amide bonds. The number of likely N-dealkylation sites (tertiary alicyclic amines) is 1. The molecule has 1 aliphatic heterocycles. The predicted molar refractivity (Wildman–Crippen MR) is 83.5 cm³/mol. The molecule has 1 heterocycles. The quantitative estimate of drug-likeness (QED) is 0.928. The number of hydrogen-bond acceptors (Lipinski definition) is 3. The molecule has 1 fully saturated rings. The number of aromatic hydroxyl groups is 1. The van der Waals surface area contributed by atoms with Gasteiger partial charge in [0.2, 0.25) is 0 Å². The van der Waals surface area contributed by atoms with Crippen molar-refractivity contribution < 1.29 is 9.84 Å². The minimum absolute atomic E-state index is 0.263. The van der Waals surface area contributed by atoms with Crippen molar-refractivity contribution in [2.24, 2.45) is 0 Å². The lowest BCUT2D eigenvalue weighted by Gasteiger charge is -2.25. The summed E-state index contributed by atoms with van der Waals surface area (Å²) in [6.45, 7) is 1.82. The lowest BCUT2D eigenvalue weighted by atomic mass is 10.0. The van der Waals surface area contributed by atoms with Crippen LogP contribution < -0.4 is 4.74 Å². The van der Waals surface area contributed by atoms with E-state index in [1.54, 1.807) is 13.2 Å². The molecule has 3 nitrogen and oxygen atoms in total. The Morgan fingerprint density at radius 3 is 2.71 bits per heavy atom. The lowest BCUT2D eigenvalue weighted by Crippen LogP contribution is -2.22. The number of ether oxygens (including phenoxy) is 1. The molecule has 3 heteroatoms. The molecule has 1 N–H and O–H groups in total. The molecule has 1 aliphatic rings. The standard InChI is InChI=1S/C18H21NO2/c1-21-17-11-5-9-15(18(17)20)13-19-12-6-10-16(19)14-7-3-2-4-8-14/h2-5,7-9,11,16,20H,6,10,12-13H2,1H3. The van der Waals surface area contributed by atoms with Gasteiger partial charge in [-0.05, 0) is 31.0 Å². The minimum atomic E-state index is 0.263. The third-order valence-electron chi connectivity index (χ3n) is 4.22. The molecule has 2 aromatic rings. The van der Waals surface area contributed by atoms with Crippen LogP contribution in [-0.4, -0.2) is 23.7 Å². The minimum Gasteiger partial charge on any atom is -0.504 e. The van der Waals surface area contributed by atoms with Crippen LogP contribution in [0, 0.1) is 0 Å². The highest BCUT2D eigenvalue weighted by Crippen LogP contribution is 2.36. The monoisotopic (exact) mass is 283 g/mol. The third kappa shape index (κ3) is 2.88. The van der Waals surface area contributed by atoms with Gasteiger partial charge in [0.1, 0.15) is 0 Å². The summed E-state index contributed by atoms with van der Waals surface area (Å²) in [5, 5.41) is 10.3. The predicted octanol–water partition coefficient (Wildman–Crippen LogP) is 3.74. The molecule has 0 aromatic heterocycles. The second-order valence-electron chi connectivity index (χ2n) is 5.51. The Morgan fingerprint density at radius 2 is 1.95 bits per heavy atom. The van der Waals surface area contributed by atoms with Crippen LogP contribution >= 0.6 is 0 Å². The van der Waals surface area contributed by atoms with Gasteiger partial charge in [-0.3, -0.25) is 4.90 Å². The van der Waals surface area contributed by atoms with Crippen molar-refractivity contribution in [3.63, 3.8) is 0 Å². The van der Waals surface area contributed by atoms with Crippen molar-refractivity contribution in [2.45, 2.75) is 25.4 Å². The van der Waals surface area contributed by atoms with Gasteiger partial charge in [-0.1, -0.05) is 42.5 Å². The van der Waals surface area contributed by atoms with Crippen molar-refractivity contribution in [2.75, 3.05) is 13.7 Å². The zero-order valence-corrected chi connectivity index (χ0v) is 12.3. The Labute approximate surface area is 125 Å². The van der Waals surface area contributed by atoms with E-state index in [0.717, 1.165) is 18.7 Å². The largest absolute Gasteiger partial charge is 0.504 e. The van der Waals surface area contributed by atoms with Gasteiger partial charge >= 0.3 is 0 Å². The fourth-order valence-corrected chi connectivity index (χ4v) is 3.15. The van der Waals surface area contributed by atoms with Gasteiger partial charge in [-0.2, -0.15) is 0 Å². The van der Waals surface area contributed by atoms with E-state index in [9.17, 15) is 5.11 Å². The van der Waals surface area contributed by atoms with Gasteiger partial charge in [-0.25, -0.2) is 0 Å². The maximum Gasteiger partial charge on any atom is 0.162 e. The number of benzene rings is 2. The molecular weight excluding hydrogens is 262 g/mol. The van der Waals surface area contributed by atoms with E-state index in [0.29, 0.717) is 11.8 Å². The summed E-state index contributed by atoms with van der Waals surface area (Å²) >= 11 is 0. The number of methoxy groups -OCH3 is 1. The fourth-order valence-electron chi connectivity index (χ4n) is 3.15. The van der Waals surface area contributed by atoms with Crippen LogP contribution in [0.15, 0.2) is 48.5 Å². The summed E-state index contributed by atoms with van der Waals surface area (Å²) in [5.41, 5.74) is 2.29. The summed E-state index contributed by atoms with van der Waals surface area (Å²) in [6.07, 6.45) is 2.37. The van der Waals surface area contributed by atoms with Gasteiger partial charge in [0.15, 0.2) is 11.5 Å². The first kappa shape index (κ1) is 14.0. The topological polar surface area (TPSA) is 32.7 Å². The molecule has 1 unspecified atom stereocenters. The van der Waals surface area contributed by atoms with Crippen LogP contribution in [0.1, 0.15) is 30.0 Å². The molecule has 0 radical (unpaired) electrons. The van der Waals surface area contributed by atoms with Crippen LogP contribution in [0.5, 0.6) is 11.5 Å². The molecule has 1 saturated heterocycles. The molecule has 1 atom stereocenters. The SMILES string of the molecule is COc1cccc(CN2CCCC2c2ccccc2)c1O. The number of para-hydroxylation sites is 1. The van der Waals surface area contributed by atoms with Crippen molar-refractivity contribution in [3.05, 3.63) is 59.7 Å². The summed E-state index contributed by atoms with van der Waals surface area (Å²) in [4.78, 5) is 2.43. The summed E-state index contributed by atoms with van der Waals surface area (Å²) in [7, 11) is 1.58. The van der Waals surface area contributed by atoms with Crippen molar-refractivity contribution in [1.82, 2.24) is 4.90 Å². The summed E-state index contributed by atoms with van der Waals surface area (Å²) in [6, 6.07) is 16.7. The normalized spacial score (nSPS) is 18.8. The van der Waals surface area contributed by atoms with Crippen LogP contribution in [0.2, 0.25) is 0 Å². The Hall–Kier alpha value is -2.00. The van der Waals surface area contributed by atoms with E-state index in [-0.39, 0.29) is 5.75 Å². The average Bonchev–Trinajstić information content (AvgIpc) is 2.98. The number of hydrogen-bond donors (Lipinski definition) is 1. The van der Waals surface area contributed by atoms with Gasteiger partial charge in [-0.15, -0.1) is 0 Å². The molecule has 0 aliphatic carbocycles. The first-order chi connectivity index (χ1) is 10.3. The highest BCUT2D eigenvalue weighted by Gasteiger charge is 2.26. The number of phenols is 1. The van der Waals surface area contributed by atoms with Crippen molar-refractivity contribution in [3.8, 4) is 11.5 Å². The zero-order chi connectivity index (χ0) is 14.7. The Morgan fingerprint density at radius 1 is 1.14 bits per heavy atom. The second kappa shape index (κ2) is 6.19. The van der Waals surface area contributed by atoms with E-state index in [1.165, 1.54) is 18.4 Å². The van der Waals surface area contributed by atoms with Crippen LogP contribution in [0.3, 0.4) is 0 Å². The molecular formula is C18H21NO2. The maximum absolute atomic E-state index is 10.3. The summed E-state index contributed by atoms with van der Waals surface area (Å²) < 4.78 is 5.19. The van der Waals surface area contributed by atoms with E-state index in [1.807, 2.05) is 12.1 Å². The third-order valence-corrected chi connectivity index (χ3v) is 4.22. The van der Waals surface area contributed by atoms with Crippen LogP contribution in [0.4, 0.5) is 0 Å². The average molecular weight is 283 g/mol. The van der Waals surface area contributed by atoms with Crippen molar-refractivity contribution in [1.29, 1.82) is 0 Å². The fraction of sp³-hybridized carbons (Fsp3) is 0.333. The Balaban J connectivity index is 1.81. The molecule has 21 heavy (non-hydrogen) atoms. The highest BCUT2D eigenvalue weighted by molar-refractivity contribution is 5.45. The Bertz CT molecular complexity index is 597. The highest BCUT2D eigenvalue weighted by atomic mass is 16.5. The molecule has 0 bridgehead atoms. The van der Waals surface area contributed by atoms with Gasteiger partial charge in [0.05, 0.1) is 7.11 Å². The molecule has 0 spiro atoms. The number of rotatable bonds is 4. The summed E-state index contributed by atoms with van der Waals surface area (Å²) in [5.74, 6) is 0.807. The van der Waals surface area contributed by atoms with Crippen LogP contribution in [0.25, 0.3) is 0 Å². The lowest BCUT2D eigenvalue weighted by molar-refractivity contribution is 0.244. The van der Waals surface area contributed by atoms with Gasteiger partial charge in [0.25, 0.3) is 0 Å². The molecule has 0 saturated carbocycles. The number of nitrogens with zero attached hydrogens (tertiary/aromatic N) is 1. The van der Waals surface area contributed by atoms with Gasteiger partial charge < -0.3 is 9.84 Å².